The topological polar surface area (TPSA) is 51.2 Å². The van der Waals surface area contributed by atoms with E-state index in [9.17, 15) is 9.18 Å². The van der Waals surface area contributed by atoms with Crippen LogP contribution in [0.4, 0.5) is 10.1 Å². The summed E-state index contributed by atoms with van der Waals surface area (Å²) in [5.74, 6) is 0.672. The van der Waals surface area contributed by atoms with Crippen LogP contribution >= 0.6 is 11.3 Å². The molecule has 3 aromatic rings. The number of hydrogen-bond acceptors (Lipinski definition) is 4. The van der Waals surface area contributed by atoms with Gasteiger partial charge in [-0.3, -0.25) is 4.79 Å². The molecule has 1 amide bonds. The van der Waals surface area contributed by atoms with E-state index in [4.69, 9.17) is 4.74 Å². The van der Waals surface area contributed by atoms with Gasteiger partial charge in [-0.25, -0.2) is 9.37 Å². The second kappa shape index (κ2) is 8.05. The largest absolute Gasteiger partial charge is 0.486 e. The van der Waals surface area contributed by atoms with E-state index in [1.807, 2.05) is 24.3 Å². The zero-order valence-electron chi connectivity index (χ0n) is 14.9. The summed E-state index contributed by atoms with van der Waals surface area (Å²) in [6, 6.07) is 12.0. The predicted molar refractivity (Wildman–Crippen MR) is 106 cm³/mol. The average molecular weight is 384 g/mol. The number of hydrogen-bond donors (Lipinski definition) is 1. The molecule has 1 aliphatic carbocycles. The normalized spacial score (nSPS) is 15.0. The summed E-state index contributed by atoms with van der Waals surface area (Å²) in [7, 11) is 0. The minimum atomic E-state index is -0.286. The number of fused-ring (bicyclic) bond motifs is 1. The Labute approximate surface area is 161 Å². The van der Waals surface area contributed by atoms with E-state index in [0.29, 0.717) is 17.9 Å². The van der Waals surface area contributed by atoms with Crippen molar-refractivity contribution in [3.8, 4) is 5.75 Å². The molecule has 0 spiro atoms. The van der Waals surface area contributed by atoms with Crippen LogP contribution in [-0.4, -0.2) is 10.9 Å². The van der Waals surface area contributed by atoms with Gasteiger partial charge in [-0.2, -0.15) is 0 Å². The number of anilines is 1. The van der Waals surface area contributed by atoms with E-state index in [0.717, 1.165) is 41.1 Å². The zero-order valence-corrected chi connectivity index (χ0v) is 15.7. The predicted octanol–water partition coefficient (Wildman–Crippen LogP) is 5.53. The van der Waals surface area contributed by atoms with Crippen molar-refractivity contribution in [1.82, 2.24) is 4.98 Å². The molecule has 0 bridgehead atoms. The summed E-state index contributed by atoms with van der Waals surface area (Å²) in [5, 5.41) is 3.79. The van der Waals surface area contributed by atoms with Crippen molar-refractivity contribution in [3.63, 3.8) is 0 Å². The number of nitrogens with one attached hydrogen (secondary N) is 1. The summed E-state index contributed by atoms with van der Waals surface area (Å²) in [4.78, 5) is 16.7. The fourth-order valence-electron chi connectivity index (χ4n) is 3.40. The van der Waals surface area contributed by atoms with Crippen molar-refractivity contribution in [2.75, 3.05) is 5.32 Å². The first-order valence-electron chi connectivity index (χ1n) is 9.26. The summed E-state index contributed by atoms with van der Waals surface area (Å²) in [5.41, 5.74) is 1.44. The second-order valence-corrected chi connectivity index (χ2v) is 7.97. The number of rotatable bonds is 5. The molecule has 1 heterocycles. The van der Waals surface area contributed by atoms with E-state index in [-0.39, 0.29) is 17.6 Å². The van der Waals surface area contributed by atoms with Crippen LogP contribution in [0.5, 0.6) is 5.75 Å². The number of ether oxygens (including phenoxy) is 1. The fraction of sp³-hybridized carbons (Fsp3) is 0.333. The molecule has 0 unspecified atom stereocenters. The Morgan fingerprint density at radius 1 is 1.15 bits per heavy atom. The summed E-state index contributed by atoms with van der Waals surface area (Å²) in [6.45, 7) is 0.328. The minimum Gasteiger partial charge on any atom is -0.486 e. The first kappa shape index (κ1) is 17.9. The third kappa shape index (κ3) is 4.45. The van der Waals surface area contributed by atoms with E-state index in [1.165, 1.54) is 29.9 Å². The number of nitrogens with zero attached hydrogens (tertiary/aromatic N) is 1. The van der Waals surface area contributed by atoms with Gasteiger partial charge in [0.25, 0.3) is 0 Å². The monoisotopic (exact) mass is 384 g/mol. The number of amides is 1. The van der Waals surface area contributed by atoms with Gasteiger partial charge in [-0.1, -0.05) is 19.3 Å². The van der Waals surface area contributed by atoms with Crippen molar-refractivity contribution in [2.45, 2.75) is 38.7 Å². The third-order valence-corrected chi connectivity index (χ3v) is 5.86. The zero-order chi connectivity index (χ0) is 18.6. The van der Waals surface area contributed by atoms with E-state index < -0.39 is 0 Å². The Kier molecular flexibility index (Phi) is 5.34. The smallest absolute Gasteiger partial charge is 0.227 e. The van der Waals surface area contributed by atoms with Gasteiger partial charge in [-0.05, 0) is 49.2 Å². The highest BCUT2D eigenvalue weighted by atomic mass is 32.1. The van der Waals surface area contributed by atoms with Gasteiger partial charge >= 0.3 is 0 Å². The number of thiazole rings is 1. The van der Waals surface area contributed by atoms with Crippen LogP contribution in [0.2, 0.25) is 0 Å². The Morgan fingerprint density at radius 2 is 1.93 bits per heavy atom. The molecule has 0 atom stereocenters. The standard InChI is InChI=1S/C21H21FN2O2S/c22-15-6-11-19-18(12-15)24-20(27-19)13-26-17-9-7-16(8-10-17)23-21(25)14-4-2-1-3-5-14/h6-12,14H,1-5,13H2,(H,23,25). The molecule has 1 saturated carbocycles. The van der Waals surface area contributed by atoms with Crippen LogP contribution in [0.25, 0.3) is 10.2 Å². The fourth-order valence-corrected chi connectivity index (χ4v) is 4.26. The van der Waals surface area contributed by atoms with E-state index >= 15 is 0 Å². The van der Waals surface area contributed by atoms with Crippen molar-refractivity contribution >= 4 is 33.1 Å². The van der Waals surface area contributed by atoms with Crippen LogP contribution in [0.3, 0.4) is 0 Å². The lowest BCUT2D eigenvalue weighted by atomic mass is 9.88. The highest BCUT2D eigenvalue weighted by Gasteiger charge is 2.20. The molecule has 6 heteroatoms. The molecule has 1 N–H and O–H groups in total. The third-order valence-electron chi connectivity index (χ3n) is 4.85. The summed E-state index contributed by atoms with van der Waals surface area (Å²) in [6.07, 6.45) is 5.49. The van der Waals surface area contributed by atoms with Crippen molar-refractivity contribution < 1.29 is 13.9 Å². The van der Waals surface area contributed by atoms with Gasteiger partial charge in [0.2, 0.25) is 5.91 Å². The molecule has 4 nitrogen and oxygen atoms in total. The molecule has 2 aromatic carbocycles. The quantitative estimate of drug-likeness (QED) is 0.629. The van der Waals surface area contributed by atoms with Crippen LogP contribution in [0, 0.1) is 11.7 Å². The number of halogens is 1. The molecule has 1 aliphatic rings. The maximum atomic E-state index is 13.2. The van der Waals surface area contributed by atoms with Gasteiger partial charge in [0, 0.05) is 17.7 Å². The molecule has 0 saturated heterocycles. The van der Waals surface area contributed by atoms with Crippen molar-refractivity contribution in [3.05, 3.63) is 53.3 Å². The summed E-state index contributed by atoms with van der Waals surface area (Å²) < 4.78 is 20.0. The van der Waals surface area contributed by atoms with Crippen molar-refractivity contribution in [2.24, 2.45) is 5.92 Å². The Hall–Kier alpha value is -2.47. The van der Waals surface area contributed by atoms with E-state index in [2.05, 4.69) is 10.3 Å². The lowest BCUT2D eigenvalue weighted by molar-refractivity contribution is -0.120. The van der Waals surface area contributed by atoms with Gasteiger partial charge in [0.1, 0.15) is 23.2 Å². The number of carbonyl (C=O) groups is 1. The van der Waals surface area contributed by atoms with Crippen molar-refractivity contribution in [1.29, 1.82) is 0 Å². The minimum absolute atomic E-state index is 0.116. The highest BCUT2D eigenvalue weighted by molar-refractivity contribution is 7.18. The maximum absolute atomic E-state index is 13.2. The molecule has 140 valence electrons. The van der Waals surface area contributed by atoms with Crippen LogP contribution in [0.15, 0.2) is 42.5 Å². The van der Waals surface area contributed by atoms with Gasteiger partial charge in [0.15, 0.2) is 0 Å². The number of aromatic nitrogens is 1. The molecular weight excluding hydrogens is 363 g/mol. The van der Waals surface area contributed by atoms with Crippen LogP contribution in [-0.2, 0) is 11.4 Å². The number of carbonyl (C=O) groups excluding carboxylic acids is 1. The lowest BCUT2D eigenvalue weighted by Crippen LogP contribution is -2.24. The molecule has 1 aromatic heterocycles. The second-order valence-electron chi connectivity index (χ2n) is 6.86. The first-order chi connectivity index (χ1) is 13.2. The van der Waals surface area contributed by atoms with Gasteiger partial charge in [0.05, 0.1) is 10.2 Å². The molecule has 0 aliphatic heterocycles. The van der Waals surface area contributed by atoms with Crippen LogP contribution < -0.4 is 10.1 Å². The molecule has 1 fully saturated rings. The Morgan fingerprint density at radius 3 is 2.70 bits per heavy atom. The Bertz CT molecular complexity index is 933. The molecule has 4 rings (SSSR count). The molecule has 0 radical (unpaired) electrons. The number of benzene rings is 2. The highest BCUT2D eigenvalue weighted by Crippen LogP contribution is 2.26. The Balaban J connectivity index is 1.33. The van der Waals surface area contributed by atoms with E-state index in [1.54, 1.807) is 6.07 Å². The lowest BCUT2D eigenvalue weighted by Gasteiger charge is -2.20. The molecular formula is C21H21FN2O2S. The molecule has 27 heavy (non-hydrogen) atoms. The van der Waals surface area contributed by atoms with Crippen LogP contribution in [0.1, 0.15) is 37.1 Å². The first-order valence-corrected chi connectivity index (χ1v) is 10.1. The average Bonchev–Trinajstić information content (AvgIpc) is 3.10. The van der Waals surface area contributed by atoms with Gasteiger partial charge in [-0.15, -0.1) is 11.3 Å². The van der Waals surface area contributed by atoms with Gasteiger partial charge < -0.3 is 10.1 Å². The summed E-state index contributed by atoms with van der Waals surface area (Å²) >= 11 is 1.49. The SMILES string of the molecule is O=C(Nc1ccc(OCc2nc3cc(F)ccc3s2)cc1)C1CCCCC1. The maximum Gasteiger partial charge on any atom is 0.227 e.